The predicted octanol–water partition coefficient (Wildman–Crippen LogP) is 2.68. The van der Waals surface area contributed by atoms with E-state index >= 15 is 0 Å². The van der Waals surface area contributed by atoms with Crippen molar-refractivity contribution in [2.45, 2.75) is 26.2 Å². The molecule has 0 rings (SSSR count). The zero-order valence-corrected chi connectivity index (χ0v) is 8.99. The van der Waals surface area contributed by atoms with E-state index in [0.29, 0.717) is 0 Å². The maximum Gasteiger partial charge on any atom is 2.00 e. The van der Waals surface area contributed by atoms with Crippen LogP contribution in [0.5, 0.6) is 0 Å². The Balaban J connectivity index is -0.0000000750. The molecule has 0 aliphatic rings. The van der Waals surface area contributed by atoms with E-state index in [9.17, 15) is 0 Å². The first-order chi connectivity index (χ1) is 3.41. The molecule has 1 radical (unpaired) electrons. The average Bonchev–Trinajstić information content (AvgIpc) is 1.75. The zero-order chi connectivity index (χ0) is 6.12. The van der Waals surface area contributed by atoms with E-state index in [-0.39, 0.29) is 22.4 Å². The second-order valence-corrected chi connectivity index (χ2v) is 1.21. The molecule has 0 aromatic carbocycles. The molecule has 0 amide bonds. The van der Waals surface area contributed by atoms with Crippen molar-refractivity contribution in [3.05, 3.63) is 12.7 Å². The van der Waals surface area contributed by atoms with E-state index < -0.39 is 0 Å². The van der Waals surface area contributed by atoms with Gasteiger partial charge in [0.15, 0.2) is 0 Å². The van der Waals surface area contributed by atoms with Crippen molar-refractivity contribution in [1.82, 2.24) is 0 Å². The van der Waals surface area contributed by atoms with Gasteiger partial charge in [0.1, 0.15) is 0 Å². The number of hydrogen-bond acceptors (Lipinski definition) is 0. The molecule has 0 aromatic heterocycles. The molecule has 0 unspecified atom stereocenters. The minimum Gasteiger partial charge on any atom is -0.680 e. The van der Waals surface area contributed by atoms with E-state index in [2.05, 4.69) is 13.8 Å². The molecule has 0 fully saturated rings. The monoisotopic (exact) mass is 282 g/mol. The van der Waals surface area contributed by atoms with Gasteiger partial charge < -0.3 is 12.7 Å². The Hall–Kier alpha value is 0.700. The molecular formula is C6H15NTa. The SMILES string of the molecule is C[NH-].[CH2-]CCCC.[Ta+2]. The molecule has 0 aromatic rings. The molecule has 0 spiro atoms. The van der Waals surface area contributed by atoms with Crippen molar-refractivity contribution < 1.29 is 22.4 Å². The first-order valence-electron chi connectivity index (χ1n) is 2.71. The van der Waals surface area contributed by atoms with Crippen molar-refractivity contribution in [1.29, 1.82) is 0 Å². The second-order valence-electron chi connectivity index (χ2n) is 1.21. The summed E-state index contributed by atoms with van der Waals surface area (Å²) in [6, 6.07) is 0. The molecule has 0 aliphatic carbocycles. The number of rotatable bonds is 2. The van der Waals surface area contributed by atoms with Gasteiger partial charge in [-0.25, -0.2) is 0 Å². The van der Waals surface area contributed by atoms with Gasteiger partial charge in [-0.15, -0.1) is 0 Å². The Morgan fingerprint density at radius 2 is 1.75 bits per heavy atom. The molecule has 0 saturated heterocycles. The van der Waals surface area contributed by atoms with Gasteiger partial charge in [0.25, 0.3) is 0 Å². The molecule has 8 heavy (non-hydrogen) atoms. The largest absolute Gasteiger partial charge is 2.00 e. The first kappa shape index (κ1) is 15.9. The average molecular weight is 282 g/mol. The van der Waals surface area contributed by atoms with Crippen LogP contribution in [0.25, 0.3) is 5.73 Å². The Labute approximate surface area is 68.5 Å². The summed E-state index contributed by atoms with van der Waals surface area (Å²) in [5, 5.41) is 0. The van der Waals surface area contributed by atoms with Gasteiger partial charge in [-0.1, -0.05) is 19.8 Å². The third-order valence-electron chi connectivity index (χ3n) is 0.604. The smallest absolute Gasteiger partial charge is 0.680 e. The Kier molecular flexibility index (Phi) is 50.1. The van der Waals surface area contributed by atoms with Gasteiger partial charge in [-0.2, -0.15) is 13.5 Å². The van der Waals surface area contributed by atoms with Crippen molar-refractivity contribution in [3.63, 3.8) is 0 Å². The van der Waals surface area contributed by atoms with Gasteiger partial charge in [0, 0.05) is 0 Å². The molecule has 0 aliphatic heterocycles. The maximum atomic E-state index is 5.75. The molecule has 0 bridgehead atoms. The standard InChI is InChI=1S/C5H11.CH4N.Ta/c1-3-5-4-2;1-2;/h1,3-5H2,2H3;2H,1H3;/q2*-1;+2. The number of nitrogens with one attached hydrogen (secondary N) is 1. The van der Waals surface area contributed by atoms with Crippen LogP contribution >= 0.6 is 0 Å². The minimum atomic E-state index is 0. The summed E-state index contributed by atoms with van der Waals surface area (Å²) in [7, 11) is 1.25. The summed E-state index contributed by atoms with van der Waals surface area (Å²) in [5.74, 6) is 0. The summed E-state index contributed by atoms with van der Waals surface area (Å²) in [5.41, 5.74) is 5.75. The number of hydrogen-bond donors (Lipinski definition) is 0. The van der Waals surface area contributed by atoms with Crippen molar-refractivity contribution in [2.75, 3.05) is 7.05 Å². The van der Waals surface area contributed by atoms with Crippen LogP contribution in [0.1, 0.15) is 26.2 Å². The van der Waals surface area contributed by atoms with Crippen LogP contribution in [0.4, 0.5) is 0 Å². The molecule has 0 heterocycles. The van der Waals surface area contributed by atoms with Crippen LogP contribution in [0, 0.1) is 6.92 Å². The van der Waals surface area contributed by atoms with Gasteiger partial charge >= 0.3 is 22.4 Å². The van der Waals surface area contributed by atoms with Crippen molar-refractivity contribution in [3.8, 4) is 0 Å². The Morgan fingerprint density at radius 3 is 1.75 bits per heavy atom. The summed E-state index contributed by atoms with van der Waals surface area (Å²) in [6.45, 7) is 5.85. The second kappa shape index (κ2) is 25.2. The van der Waals surface area contributed by atoms with Crippen LogP contribution in [0.15, 0.2) is 0 Å². The van der Waals surface area contributed by atoms with Gasteiger partial charge in [0.2, 0.25) is 0 Å². The molecule has 1 N–H and O–H groups in total. The van der Waals surface area contributed by atoms with Crippen LogP contribution in [-0.4, -0.2) is 7.05 Å². The third kappa shape index (κ3) is 29.9. The fourth-order valence-corrected chi connectivity index (χ4v) is 0.250. The predicted molar refractivity (Wildman–Crippen MR) is 35.1 cm³/mol. The van der Waals surface area contributed by atoms with Gasteiger partial charge in [-0.05, 0) is 0 Å². The summed E-state index contributed by atoms with van der Waals surface area (Å²) >= 11 is 0. The third-order valence-corrected chi connectivity index (χ3v) is 0.604. The van der Waals surface area contributed by atoms with Crippen LogP contribution in [0.2, 0.25) is 0 Å². The maximum absolute atomic E-state index is 5.75. The van der Waals surface area contributed by atoms with E-state index in [1.807, 2.05) is 0 Å². The Morgan fingerprint density at radius 1 is 1.38 bits per heavy atom. The van der Waals surface area contributed by atoms with Crippen molar-refractivity contribution in [2.24, 2.45) is 0 Å². The summed E-state index contributed by atoms with van der Waals surface area (Å²) in [6.07, 6.45) is 3.65. The molecule has 0 atom stereocenters. The quantitative estimate of drug-likeness (QED) is 0.695. The summed E-state index contributed by atoms with van der Waals surface area (Å²) in [4.78, 5) is 0. The van der Waals surface area contributed by atoms with E-state index in [1.54, 1.807) is 0 Å². The van der Waals surface area contributed by atoms with Crippen LogP contribution in [0.3, 0.4) is 0 Å². The van der Waals surface area contributed by atoms with Gasteiger partial charge in [-0.3, -0.25) is 0 Å². The fraction of sp³-hybridized carbons (Fsp3) is 0.833. The van der Waals surface area contributed by atoms with Gasteiger partial charge in [0.05, 0.1) is 0 Å². The molecule has 0 saturated carbocycles. The van der Waals surface area contributed by atoms with Crippen LogP contribution in [-0.2, 0) is 22.4 Å². The van der Waals surface area contributed by atoms with E-state index in [0.717, 1.165) is 6.42 Å². The van der Waals surface area contributed by atoms with Crippen LogP contribution < -0.4 is 0 Å². The summed E-state index contributed by atoms with van der Waals surface area (Å²) < 4.78 is 0. The molecule has 2 heteroatoms. The van der Waals surface area contributed by atoms with Crippen molar-refractivity contribution >= 4 is 0 Å². The Bertz CT molecular complexity index is 16.0. The fourth-order valence-electron chi connectivity index (χ4n) is 0.250. The minimum absolute atomic E-state index is 0. The number of unbranched alkanes of at least 4 members (excludes halogenated alkanes) is 2. The van der Waals surface area contributed by atoms with E-state index in [1.165, 1.54) is 19.9 Å². The first-order valence-corrected chi connectivity index (χ1v) is 2.71. The molecule has 1 nitrogen and oxygen atoms in total. The normalized spacial score (nSPS) is 6.00. The molecule has 49 valence electrons. The molecular weight excluding hydrogens is 267 g/mol. The zero-order valence-electron chi connectivity index (χ0n) is 5.78. The topological polar surface area (TPSA) is 23.8 Å². The van der Waals surface area contributed by atoms with E-state index in [4.69, 9.17) is 5.73 Å².